The number of benzene rings is 3. The Kier molecular flexibility index (Phi) is 51.0. The molecular formula is C74H124N2NiO2. The monoisotopic (exact) mass is 1130 g/mol. The summed E-state index contributed by atoms with van der Waals surface area (Å²) in [4.78, 5) is 10.7. The van der Waals surface area contributed by atoms with Gasteiger partial charge in [0.25, 0.3) is 0 Å². The fourth-order valence-electron chi connectivity index (χ4n) is 11.0. The molecule has 3 aromatic carbocycles. The molecule has 0 spiro atoms. The molecule has 0 saturated carbocycles. The average molecular weight is 1130 g/mol. The third-order valence-corrected chi connectivity index (χ3v) is 16.3. The van der Waals surface area contributed by atoms with Crippen molar-refractivity contribution in [1.82, 2.24) is 0 Å². The third kappa shape index (κ3) is 40.0. The summed E-state index contributed by atoms with van der Waals surface area (Å²) in [5.74, 6) is -0.557. The minimum atomic E-state index is -0.282. The fraction of sp³-hybridized carbons (Fsp3) is 0.730. The van der Waals surface area contributed by atoms with Gasteiger partial charge < -0.3 is 10.2 Å². The smallest absolute Gasteiger partial charge is 0.873 e. The average Bonchev–Trinajstić information content (AvgIpc) is 3.47. The molecule has 0 aromatic heterocycles. The molecular weight excluding hydrogens is 1010 g/mol. The van der Waals surface area contributed by atoms with Gasteiger partial charge in [0.1, 0.15) is 0 Å². The Hall–Kier alpha value is -2.91. The van der Waals surface area contributed by atoms with E-state index >= 15 is 0 Å². The predicted octanol–water partition coefficient (Wildman–Crippen LogP) is 23.8. The van der Waals surface area contributed by atoms with Crippen LogP contribution in [0.3, 0.4) is 0 Å². The van der Waals surface area contributed by atoms with Gasteiger partial charge in [0.2, 0.25) is 0 Å². The molecule has 4 nitrogen and oxygen atoms in total. The van der Waals surface area contributed by atoms with E-state index in [-0.39, 0.29) is 28.0 Å². The summed E-state index contributed by atoms with van der Waals surface area (Å²) in [7, 11) is 0. The Morgan fingerprint density at radius 1 is 0.266 bits per heavy atom. The van der Waals surface area contributed by atoms with Crippen LogP contribution in [0, 0.1) is 0 Å². The van der Waals surface area contributed by atoms with Crippen LogP contribution >= 0.6 is 0 Å². The van der Waals surface area contributed by atoms with E-state index in [4.69, 9.17) is 9.98 Å². The van der Waals surface area contributed by atoms with Crippen LogP contribution in [0.2, 0.25) is 0 Å². The second-order valence-electron chi connectivity index (χ2n) is 23.7. The first-order chi connectivity index (χ1) is 38.4. The topological polar surface area (TPSA) is 70.8 Å². The van der Waals surface area contributed by atoms with Crippen molar-refractivity contribution >= 4 is 22.8 Å². The molecule has 0 amide bonds. The maximum Gasteiger partial charge on any atom is 2.00 e. The van der Waals surface area contributed by atoms with Crippen molar-refractivity contribution in [1.29, 1.82) is 0 Å². The number of aliphatic imine (C=N–C) groups is 2. The first kappa shape index (κ1) is 74.1. The Bertz CT molecular complexity index is 1850. The van der Waals surface area contributed by atoms with E-state index in [0.29, 0.717) is 17.5 Å². The van der Waals surface area contributed by atoms with Crippen molar-refractivity contribution in [2.45, 2.75) is 350 Å². The van der Waals surface area contributed by atoms with Crippen molar-refractivity contribution in [3.63, 3.8) is 0 Å². The maximum absolute atomic E-state index is 11.7. The molecule has 0 atom stereocenters. The van der Waals surface area contributed by atoms with Crippen LogP contribution in [0.25, 0.3) is 0 Å². The Balaban J connectivity index is 0.00000156. The van der Waals surface area contributed by atoms with Crippen LogP contribution in [0.15, 0.2) is 70.6 Å². The van der Waals surface area contributed by atoms with Crippen LogP contribution < -0.4 is 10.2 Å². The molecule has 0 N–H and O–H groups in total. The molecule has 452 valence electrons. The van der Waals surface area contributed by atoms with Gasteiger partial charge in [-0.25, -0.2) is 0 Å². The zero-order valence-electron chi connectivity index (χ0n) is 52.7. The van der Waals surface area contributed by atoms with Gasteiger partial charge in [0.05, 0.1) is 22.8 Å². The van der Waals surface area contributed by atoms with Gasteiger partial charge in [-0.2, -0.15) is 0 Å². The molecule has 0 aliphatic rings. The Labute approximate surface area is 500 Å². The predicted molar refractivity (Wildman–Crippen MR) is 344 cm³/mol. The van der Waals surface area contributed by atoms with Crippen molar-refractivity contribution in [2.75, 3.05) is 0 Å². The number of rotatable bonds is 51. The Morgan fingerprint density at radius 2 is 0.519 bits per heavy atom. The van der Waals surface area contributed by atoms with Crippen molar-refractivity contribution < 1.29 is 26.7 Å². The van der Waals surface area contributed by atoms with Gasteiger partial charge in [-0.15, -0.1) is 11.5 Å². The zero-order chi connectivity index (χ0) is 56.2. The summed E-state index contributed by atoms with van der Waals surface area (Å²) in [5, 5.41) is 23.4. The zero-order valence-corrected chi connectivity index (χ0v) is 53.7. The van der Waals surface area contributed by atoms with E-state index in [1.54, 1.807) is 0 Å². The Morgan fingerprint density at radius 3 is 0.835 bits per heavy atom. The summed E-state index contributed by atoms with van der Waals surface area (Å²) in [6, 6.07) is 22.1. The minimum Gasteiger partial charge on any atom is -0.873 e. The minimum absolute atomic E-state index is 0. The summed E-state index contributed by atoms with van der Waals surface area (Å²) in [5.41, 5.74) is 8.88. The quantitative estimate of drug-likeness (QED) is 0.0321. The van der Waals surface area contributed by atoms with Crippen LogP contribution in [0.1, 0.15) is 346 Å². The molecule has 0 heterocycles. The van der Waals surface area contributed by atoms with Crippen molar-refractivity contribution in [2.24, 2.45) is 9.98 Å². The van der Waals surface area contributed by atoms with Crippen molar-refractivity contribution in [3.8, 4) is 11.5 Å². The molecule has 3 rings (SSSR count). The number of nitrogens with zero attached hydrogens (tertiary/aromatic N) is 2. The second kappa shape index (κ2) is 54.3. The third-order valence-electron chi connectivity index (χ3n) is 16.3. The van der Waals surface area contributed by atoms with Gasteiger partial charge in [-0.1, -0.05) is 327 Å². The normalized spacial score (nSPS) is 11.7. The molecule has 0 radical (unpaired) electrons. The summed E-state index contributed by atoms with van der Waals surface area (Å²) in [6.45, 7) is 13.4. The van der Waals surface area contributed by atoms with Gasteiger partial charge in [0, 0.05) is 0 Å². The fourth-order valence-corrected chi connectivity index (χ4v) is 11.0. The van der Waals surface area contributed by atoms with Crippen LogP contribution in [0.4, 0.5) is 11.4 Å². The van der Waals surface area contributed by atoms with Gasteiger partial charge in [-0.3, -0.25) is 9.98 Å². The standard InChI is InChI=1S/C60H104N2.C14H22O2.Ni/c1-5-9-13-16-19-21-23-25-27-29-31-33-35-37-40-43-55-47-51-57(52-48-55)61-59(45-12-8-4)60(46-42-39-18-15-11-7-3)62-58-53-49-56(50-54-58)44-41-38-36-34-32-30-28-26-24-22-20-17-14-10-6-2;1-3-5-6-8-12-10-9-11(7-4-2)13(15)14(12)16;/h47-54H,5-46H2,1-4H3;9-10,15-16H,3-8H2,1-2H3;/q;;+2/p-2. The SMILES string of the molecule is CCCCCCCCCCCCCCCCCc1ccc(N=C(CCCC)C(CCCCCCCC)=Nc2ccc(CCCCCCCCCCCCCCCCC)cc2)cc1.CCCCCc1ccc(CCC)c([O-])c1[O-].[Ni+2]. The first-order valence-corrected chi connectivity index (χ1v) is 34.2. The molecule has 5 heteroatoms. The number of unbranched alkanes of at least 4 members (excludes halogenated alkanes) is 36. The van der Waals surface area contributed by atoms with Crippen molar-refractivity contribution in [3.05, 3.63) is 82.9 Å². The van der Waals surface area contributed by atoms with E-state index in [0.717, 1.165) is 62.7 Å². The second-order valence-corrected chi connectivity index (χ2v) is 23.7. The molecule has 3 aromatic rings. The van der Waals surface area contributed by atoms with E-state index in [1.165, 1.54) is 273 Å². The van der Waals surface area contributed by atoms with Gasteiger partial charge in [0.15, 0.2) is 0 Å². The van der Waals surface area contributed by atoms with Crippen LogP contribution in [0.5, 0.6) is 11.5 Å². The summed E-state index contributed by atoms with van der Waals surface area (Å²) < 4.78 is 0. The van der Waals surface area contributed by atoms with E-state index in [1.807, 2.05) is 19.1 Å². The summed E-state index contributed by atoms with van der Waals surface area (Å²) in [6.07, 6.45) is 62.7. The molecule has 0 saturated heterocycles. The number of aryl methyl sites for hydroxylation is 4. The molecule has 0 unspecified atom stereocenters. The van der Waals surface area contributed by atoms with E-state index in [2.05, 4.69) is 83.1 Å². The number of hydrogen-bond donors (Lipinski definition) is 0. The number of hydrogen-bond acceptors (Lipinski definition) is 4. The molecule has 79 heavy (non-hydrogen) atoms. The molecule has 0 aliphatic heterocycles. The van der Waals surface area contributed by atoms with Crippen LogP contribution in [-0.4, -0.2) is 11.4 Å². The summed E-state index contributed by atoms with van der Waals surface area (Å²) >= 11 is 0. The van der Waals surface area contributed by atoms with E-state index in [9.17, 15) is 10.2 Å². The van der Waals surface area contributed by atoms with Gasteiger partial charge in [-0.05, 0) is 106 Å². The molecule has 0 bridgehead atoms. The molecule has 0 aliphatic carbocycles. The maximum atomic E-state index is 11.7. The largest absolute Gasteiger partial charge is 2.00 e. The van der Waals surface area contributed by atoms with Crippen LogP contribution in [-0.2, 0) is 42.2 Å². The van der Waals surface area contributed by atoms with E-state index < -0.39 is 0 Å². The molecule has 0 fully saturated rings. The van der Waals surface area contributed by atoms with Gasteiger partial charge >= 0.3 is 16.5 Å². The first-order valence-electron chi connectivity index (χ1n) is 34.2.